The van der Waals surface area contributed by atoms with Crippen LogP contribution in [0.4, 0.5) is 0 Å². The number of hydrogen-bond donors (Lipinski definition) is 2. The second-order valence-corrected chi connectivity index (χ2v) is 4.45. The van der Waals surface area contributed by atoms with Gasteiger partial charge in [0.1, 0.15) is 5.76 Å². The fraction of sp³-hybridized carbons (Fsp3) is 0.143. The molecule has 2 rings (SSSR count). The van der Waals surface area contributed by atoms with Crippen LogP contribution in [0.5, 0.6) is 0 Å². The van der Waals surface area contributed by atoms with Gasteiger partial charge in [0, 0.05) is 0 Å². The van der Waals surface area contributed by atoms with Crippen LogP contribution in [-0.2, 0) is 6.54 Å². The van der Waals surface area contributed by atoms with Crippen LogP contribution in [0.25, 0.3) is 0 Å². The molecular weight excluding hydrogens is 258 g/mol. The van der Waals surface area contributed by atoms with E-state index >= 15 is 0 Å². The number of furan rings is 1. The van der Waals surface area contributed by atoms with Crippen molar-refractivity contribution in [2.75, 3.05) is 0 Å². The van der Waals surface area contributed by atoms with Gasteiger partial charge >= 0.3 is 0 Å². The van der Waals surface area contributed by atoms with Crippen molar-refractivity contribution in [1.82, 2.24) is 10.7 Å². The summed E-state index contributed by atoms with van der Waals surface area (Å²) in [6.45, 7) is 2.59. The molecule has 0 saturated carbocycles. The van der Waals surface area contributed by atoms with E-state index in [0.717, 1.165) is 11.3 Å². The molecule has 1 aromatic heterocycles. The highest BCUT2D eigenvalue weighted by molar-refractivity contribution is 7.80. The predicted molar refractivity (Wildman–Crippen MR) is 80.1 cm³/mol. The summed E-state index contributed by atoms with van der Waals surface area (Å²) >= 11 is 5.09. The molecule has 98 valence electrons. The highest BCUT2D eigenvalue weighted by atomic mass is 32.1. The molecule has 0 saturated heterocycles. The van der Waals surface area contributed by atoms with E-state index in [1.165, 1.54) is 5.56 Å². The fourth-order valence-corrected chi connectivity index (χ4v) is 1.56. The summed E-state index contributed by atoms with van der Waals surface area (Å²) in [7, 11) is 0. The molecule has 0 spiro atoms. The highest BCUT2D eigenvalue weighted by Crippen LogP contribution is 2.00. The van der Waals surface area contributed by atoms with Crippen LogP contribution in [0.3, 0.4) is 0 Å². The Bertz CT molecular complexity index is 547. The summed E-state index contributed by atoms with van der Waals surface area (Å²) in [4.78, 5) is 0. The topological polar surface area (TPSA) is 49.6 Å². The van der Waals surface area contributed by atoms with Crippen LogP contribution in [0.15, 0.2) is 52.2 Å². The second kappa shape index (κ2) is 6.70. The number of nitrogens with one attached hydrogen (secondary N) is 2. The molecule has 0 atom stereocenters. The number of rotatable bonds is 4. The second-order valence-electron chi connectivity index (χ2n) is 4.04. The first-order valence-corrected chi connectivity index (χ1v) is 6.31. The maximum atomic E-state index is 5.18. The lowest BCUT2D eigenvalue weighted by molar-refractivity contribution is 0.502. The summed E-state index contributed by atoms with van der Waals surface area (Å²) in [5.74, 6) is 0.826. The van der Waals surface area contributed by atoms with Gasteiger partial charge in [0.2, 0.25) is 0 Å². The summed E-state index contributed by atoms with van der Waals surface area (Å²) < 4.78 is 5.18. The Labute approximate surface area is 117 Å². The van der Waals surface area contributed by atoms with Gasteiger partial charge in [0.05, 0.1) is 19.0 Å². The predicted octanol–water partition coefficient (Wildman–Crippen LogP) is 2.59. The zero-order chi connectivity index (χ0) is 13.5. The molecule has 0 unspecified atom stereocenters. The molecule has 2 aromatic rings. The van der Waals surface area contributed by atoms with Crippen molar-refractivity contribution < 1.29 is 4.42 Å². The Morgan fingerprint density at radius 1 is 1.32 bits per heavy atom. The average Bonchev–Trinajstić information content (AvgIpc) is 2.92. The fourth-order valence-electron chi connectivity index (χ4n) is 1.44. The molecule has 0 aliphatic carbocycles. The van der Waals surface area contributed by atoms with Gasteiger partial charge in [0.25, 0.3) is 0 Å². The summed E-state index contributed by atoms with van der Waals surface area (Å²) in [5, 5.41) is 7.51. The maximum absolute atomic E-state index is 5.18. The number of hydrazone groups is 1. The minimum Gasteiger partial charge on any atom is -0.467 e. The molecular formula is C14H15N3OS. The van der Waals surface area contributed by atoms with Gasteiger partial charge in [0.15, 0.2) is 5.11 Å². The SMILES string of the molecule is Cc1ccc(C=NNC(=S)NCc2ccco2)cc1. The maximum Gasteiger partial charge on any atom is 0.187 e. The zero-order valence-corrected chi connectivity index (χ0v) is 11.4. The normalized spacial score (nSPS) is 10.6. The van der Waals surface area contributed by atoms with Crippen LogP contribution >= 0.6 is 12.2 Å². The third-order valence-electron chi connectivity index (χ3n) is 2.46. The molecule has 0 bridgehead atoms. The number of benzene rings is 1. The molecule has 4 nitrogen and oxygen atoms in total. The van der Waals surface area contributed by atoms with Crippen molar-refractivity contribution >= 4 is 23.5 Å². The van der Waals surface area contributed by atoms with Gasteiger partial charge in [-0.25, -0.2) is 0 Å². The van der Waals surface area contributed by atoms with Crippen molar-refractivity contribution in [2.24, 2.45) is 5.10 Å². The van der Waals surface area contributed by atoms with Crippen LogP contribution < -0.4 is 10.7 Å². The van der Waals surface area contributed by atoms with E-state index in [-0.39, 0.29) is 0 Å². The largest absolute Gasteiger partial charge is 0.467 e. The first-order valence-electron chi connectivity index (χ1n) is 5.90. The van der Waals surface area contributed by atoms with E-state index in [4.69, 9.17) is 16.6 Å². The standard InChI is InChI=1S/C14H15N3OS/c1-11-4-6-12(7-5-11)9-16-17-14(19)15-10-13-3-2-8-18-13/h2-9H,10H2,1H3,(H2,15,17,19). The third-order valence-corrected chi connectivity index (χ3v) is 2.70. The number of aryl methyl sites for hydroxylation is 1. The van der Waals surface area contributed by atoms with Gasteiger partial charge in [-0.3, -0.25) is 5.43 Å². The van der Waals surface area contributed by atoms with Crippen molar-refractivity contribution in [3.8, 4) is 0 Å². The first-order chi connectivity index (χ1) is 9.24. The minimum absolute atomic E-state index is 0.458. The third kappa shape index (κ3) is 4.56. The monoisotopic (exact) mass is 273 g/mol. The zero-order valence-electron chi connectivity index (χ0n) is 10.6. The van der Waals surface area contributed by atoms with E-state index in [1.54, 1.807) is 12.5 Å². The van der Waals surface area contributed by atoms with E-state index in [9.17, 15) is 0 Å². The molecule has 2 N–H and O–H groups in total. The van der Waals surface area contributed by atoms with Crippen LogP contribution in [0.2, 0.25) is 0 Å². The molecule has 1 heterocycles. The molecule has 0 radical (unpaired) electrons. The van der Waals surface area contributed by atoms with Crippen LogP contribution in [-0.4, -0.2) is 11.3 Å². The number of hydrogen-bond acceptors (Lipinski definition) is 3. The lowest BCUT2D eigenvalue weighted by atomic mass is 10.2. The smallest absolute Gasteiger partial charge is 0.187 e. The number of nitrogens with zero attached hydrogens (tertiary/aromatic N) is 1. The Morgan fingerprint density at radius 2 is 2.11 bits per heavy atom. The van der Waals surface area contributed by atoms with Crippen LogP contribution in [0.1, 0.15) is 16.9 Å². The van der Waals surface area contributed by atoms with Crippen molar-refractivity contribution in [3.63, 3.8) is 0 Å². The Kier molecular flexibility index (Phi) is 4.69. The van der Waals surface area contributed by atoms with Gasteiger partial charge in [-0.1, -0.05) is 29.8 Å². The molecule has 5 heteroatoms. The quantitative estimate of drug-likeness (QED) is 0.511. The van der Waals surface area contributed by atoms with Gasteiger partial charge in [-0.15, -0.1) is 0 Å². The van der Waals surface area contributed by atoms with E-state index in [1.807, 2.05) is 43.3 Å². The van der Waals surface area contributed by atoms with Gasteiger partial charge < -0.3 is 9.73 Å². The molecule has 0 aliphatic rings. The van der Waals surface area contributed by atoms with Gasteiger partial charge in [-0.05, 0) is 36.8 Å². The summed E-state index contributed by atoms with van der Waals surface area (Å²) in [5.41, 5.74) is 5.00. The Balaban J connectivity index is 1.75. The van der Waals surface area contributed by atoms with Crippen LogP contribution in [0, 0.1) is 6.92 Å². The van der Waals surface area contributed by atoms with Crippen molar-refractivity contribution in [3.05, 3.63) is 59.5 Å². The lowest BCUT2D eigenvalue weighted by Gasteiger charge is -2.04. The van der Waals surface area contributed by atoms with Gasteiger partial charge in [-0.2, -0.15) is 5.10 Å². The first kappa shape index (κ1) is 13.3. The van der Waals surface area contributed by atoms with E-state index in [0.29, 0.717) is 11.7 Å². The molecule has 0 aliphatic heterocycles. The number of thiocarbonyl (C=S) groups is 1. The van der Waals surface area contributed by atoms with Crippen molar-refractivity contribution in [2.45, 2.75) is 13.5 Å². The lowest BCUT2D eigenvalue weighted by Crippen LogP contribution is -2.31. The molecule has 19 heavy (non-hydrogen) atoms. The Hall–Kier alpha value is -2.14. The molecule has 0 amide bonds. The van der Waals surface area contributed by atoms with Crippen molar-refractivity contribution in [1.29, 1.82) is 0 Å². The van der Waals surface area contributed by atoms with E-state index in [2.05, 4.69) is 15.8 Å². The molecule has 0 fully saturated rings. The van der Waals surface area contributed by atoms with E-state index < -0.39 is 0 Å². The average molecular weight is 273 g/mol. The summed E-state index contributed by atoms with van der Waals surface area (Å²) in [6.07, 6.45) is 3.35. The molecule has 1 aromatic carbocycles. The minimum atomic E-state index is 0.458. The Morgan fingerprint density at radius 3 is 2.79 bits per heavy atom. The summed E-state index contributed by atoms with van der Waals surface area (Å²) in [6, 6.07) is 11.8. The highest BCUT2D eigenvalue weighted by Gasteiger charge is 1.96.